The lowest BCUT2D eigenvalue weighted by Crippen LogP contribution is -2.48. The predicted molar refractivity (Wildman–Crippen MR) is 140 cm³/mol. The largest absolute Gasteiger partial charge is 0.368 e. The maximum atomic E-state index is 13.8. The van der Waals surface area contributed by atoms with Crippen molar-refractivity contribution in [3.8, 4) is 11.3 Å². The maximum Gasteiger partial charge on any atom is 0.254 e. The monoisotopic (exact) mass is 473 g/mol. The van der Waals surface area contributed by atoms with Crippen LogP contribution in [0.4, 0.5) is 5.69 Å². The van der Waals surface area contributed by atoms with Crippen molar-refractivity contribution in [1.29, 1.82) is 0 Å². The highest BCUT2D eigenvalue weighted by atomic mass is 32.1. The smallest absolute Gasteiger partial charge is 0.254 e. The summed E-state index contributed by atoms with van der Waals surface area (Å²) in [4.78, 5) is 25.6. The molecular formula is C27H31N5OS. The van der Waals surface area contributed by atoms with Crippen LogP contribution in [0.25, 0.3) is 22.3 Å². The van der Waals surface area contributed by atoms with E-state index in [-0.39, 0.29) is 11.9 Å². The molecule has 4 aromatic rings. The molecule has 1 aromatic carbocycles. The molecule has 176 valence electrons. The van der Waals surface area contributed by atoms with Gasteiger partial charge in [-0.05, 0) is 64.4 Å². The third kappa shape index (κ3) is 4.09. The lowest BCUT2D eigenvalue weighted by Gasteiger charge is -2.36. The molecule has 0 N–H and O–H groups in total. The third-order valence-corrected chi connectivity index (χ3v) is 7.50. The van der Waals surface area contributed by atoms with Gasteiger partial charge in [0.25, 0.3) is 5.91 Å². The van der Waals surface area contributed by atoms with Crippen molar-refractivity contribution in [2.75, 3.05) is 31.1 Å². The lowest BCUT2D eigenvalue weighted by molar-refractivity contribution is 0.0748. The average molecular weight is 474 g/mol. The molecule has 0 bridgehead atoms. The number of hydrogen-bond donors (Lipinski definition) is 0. The molecule has 4 heterocycles. The van der Waals surface area contributed by atoms with Crippen LogP contribution >= 0.6 is 11.3 Å². The van der Waals surface area contributed by atoms with Crippen LogP contribution in [-0.2, 0) is 0 Å². The predicted octanol–water partition coefficient (Wildman–Crippen LogP) is 5.63. The summed E-state index contributed by atoms with van der Waals surface area (Å²) in [5.74, 6) is 0.0606. The molecule has 34 heavy (non-hydrogen) atoms. The number of rotatable bonds is 4. The van der Waals surface area contributed by atoms with Crippen molar-refractivity contribution < 1.29 is 4.79 Å². The first-order valence-corrected chi connectivity index (χ1v) is 12.7. The summed E-state index contributed by atoms with van der Waals surface area (Å²) in [6, 6.07) is 12.9. The van der Waals surface area contributed by atoms with Crippen LogP contribution < -0.4 is 4.90 Å². The zero-order chi connectivity index (χ0) is 24.0. The molecule has 6 nitrogen and oxygen atoms in total. The van der Waals surface area contributed by atoms with Crippen LogP contribution in [0.2, 0.25) is 0 Å². The molecule has 0 saturated carbocycles. The summed E-state index contributed by atoms with van der Waals surface area (Å²) in [5, 5.41) is 5.41. The Hall–Kier alpha value is -3.19. The van der Waals surface area contributed by atoms with E-state index in [9.17, 15) is 4.79 Å². The number of anilines is 1. The molecule has 1 fully saturated rings. The molecule has 0 spiro atoms. The number of piperazine rings is 1. The number of benzene rings is 1. The number of pyridine rings is 1. The van der Waals surface area contributed by atoms with Gasteiger partial charge in [-0.3, -0.25) is 4.79 Å². The van der Waals surface area contributed by atoms with Gasteiger partial charge in [-0.2, -0.15) is 5.10 Å². The number of aromatic nitrogens is 3. The number of aryl methyl sites for hydroxylation is 3. The fourth-order valence-electron chi connectivity index (χ4n) is 4.76. The Balaban J connectivity index is 1.49. The zero-order valence-corrected chi connectivity index (χ0v) is 21.3. The molecular weight excluding hydrogens is 442 g/mol. The Morgan fingerprint density at radius 2 is 1.79 bits per heavy atom. The average Bonchev–Trinajstić information content (AvgIpc) is 3.40. The van der Waals surface area contributed by atoms with Crippen molar-refractivity contribution in [1.82, 2.24) is 19.7 Å². The minimum absolute atomic E-state index is 0.0606. The van der Waals surface area contributed by atoms with E-state index < -0.39 is 0 Å². The summed E-state index contributed by atoms with van der Waals surface area (Å²) in [6.45, 7) is 13.6. The first-order valence-electron chi connectivity index (χ1n) is 11.9. The molecule has 0 unspecified atom stereocenters. The minimum atomic E-state index is 0.0606. The first-order chi connectivity index (χ1) is 16.3. The van der Waals surface area contributed by atoms with Gasteiger partial charge in [0.05, 0.1) is 22.8 Å². The van der Waals surface area contributed by atoms with E-state index in [1.54, 1.807) is 17.5 Å². The van der Waals surface area contributed by atoms with Crippen LogP contribution in [0.15, 0.2) is 42.6 Å². The van der Waals surface area contributed by atoms with Crippen molar-refractivity contribution in [3.63, 3.8) is 0 Å². The highest BCUT2D eigenvalue weighted by Gasteiger charge is 2.26. The standard InChI is InChI=1S/C27H31N5OS/c1-17(2)32-26-24(16-28-32)23(15-25(29-26)22-14-19(4)34-20(22)5)27(33)31-11-9-30(10-12-31)21-8-6-7-18(3)13-21/h6-8,13-17H,9-12H2,1-5H3. The molecule has 3 aromatic heterocycles. The van der Waals surface area contributed by atoms with Crippen molar-refractivity contribution in [2.45, 2.75) is 40.7 Å². The Morgan fingerprint density at radius 1 is 1.03 bits per heavy atom. The Morgan fingerprint density at radius 3 is 2.44 bits per heavy atom. The maximum absolute atomic E-state index is 13.8. The number of amides is 1. The fraction of sp³-hybridized carbons (Fsp3) is 0.370. The van der Waals surface area contributed by atoms with Gasteiger partial charge in [0.1, 0.15) is 0 Å². The summed E-state index contributed by atoms with van der Waals surface area (Å²) < 4.78 is 1.92. The normalized spacial score (nSPS) is 14.4. The summed E-state index contributed by atoms with van der Waals surface area (Å²) in [6.07, 6.45) is 1.80. The Bertz CT molecular complexity index is 1360. The van der Waals surface area contributed by atoms with Crippen molar-refractivity contribution >= 4 is 34.0 Å². The number of carbonyl (C=O) groups excluding carboxylic acids is 1. The molecule has 1 saturated heterocycles. The SMILES string of the molecule is Cc1cccc(N2CCN(C(=O)c3cc(-c4cc(C)sc4C)nc4c3cnn4C(C)C)CC2)c1. The minimum Gasteiger partial charge on any atom is -0.368 e. The topological polar surface area (TPSA) is 54.3 Å². The number of carbonyl (C=O) groups is 1. The van der Waals surface area contributed by atoms with Gasteiger partial charge < -0.3 is 9.80 Å². The summed E-state index contributed by atoms with van der Waals surface area (Å²) >= 11 is 1.76. The van der Waals surface area contributed by atoms with Crippen molar-refractivity contribution in [2.24, 2.45) is 0 Å². The number of thiophene rings is 1. The van der Waals surface area contributed by atoms with Crippen LogP contribution in [0.1, 0.15) is 45.6 Å². The Labute approximate surface area is 204 Å². The lowest BCUT2D eigenvalue weighted by atomic mass is 10.1. The highest BCUT2D eigenvalue weighted by molar-refractivity contribution is 7.12. The van der Waals surface area contributed by atoms with Gasteiger partial charge in [0, 0.05) is 53.2 Å². The molecule has 1 aliphatic heterocycles. The van der Waals surface area contributed by atoms with E-state index in [1.165, 1.54) is 21.0 Å². The second-order valence-electron chi connectivity index (χ2n) is 9.42. The van der Waals surface area contributed by atoms with Crippen LogP contribution in [0, 0.1) is 20.8 Å². The van der Waals surface area contributed by atoms with Crippen LogP contribution in [-0.4, -0.2) is 51.8 Å². The van der Waals surface area contributed by atoms with Crippen LogP contribution in [0.5, 0.6) is 0 Å². The zero-order valence-electron chi connectivity index (χ0n) is 20.5. The molecule has 7 heteroatoms. The van der Waals surface area contributed by atoms with Gasteiger partial charge >= 0.3 is 0 Å². The molecule has 1 amide bonds. The number of fused-ring (bicyclic) bond motifs is 1. The van der Waals surface area contributed by atoms with Crippen molar-refractivity contribution in [3.05, 3.63) is 63.5 Å². The van der Waals surface area contributed by atoms with Gasteiger partial charge in [-0.25, -0.2) is 9.67 Å². The molecule has 1 aliphatic rings. The van der Waals surface area contributed by atoms with Gasteiger partial charge in [-0.1, -0.05) is 12.1 Å². The van der Waals surface area contributed by atoms with Gasteiger partial charge in [-0.15, -0.1) is 11.3 Å². The number of nitrogens with zero attached hydrogens (tertiary/aromatic N) is 5. The van der Waals surface area contributed by atoms with Crippen LogP contribution in [0.3, 0.4) is 0 Å². The molecule has 5 rings (SSSR count). The summed E-state index contributed by atoms with van der Waals surface area (Å²) in [7, 11) is 0. The number of hydrogen-bond acceptors (Lipinski definition) is 5. The third-order valence-electron chi connectivity index (χ3n) is 6.54. The second-order valence-corrected chi connectivity index (χ2v) is 10.9. The van der Waals surface area contributed by atoms with E-state index in [4.69, 9.17) is 4.98 Å². The van der Waals surface area contributed by atoms with Gasteiger partial charge in [0.15, 0.2) is 5.65 Å². The quantitative estimate of drug-likeness (QED) is 0.386. The highest BCUT2D eigenvalue weighted by Crippen LogP contribution is 2.33. The molecule has 0 radical (unpaired) electrons. The Kier molecular flexibility index (Phi) is 5.90. The van der Waals surface area contributed by atoms with E-state index in [1.807, 2.05) is 15.6 Å². The van der Waals surface area contributed by atoms with E-state index in [0.29, 0.717) is 18.7 Å². The second kappa shape index (κ2) is 8.87. The van der Waals surface area contributed by atoms with Gasteiger partial charge in [0.2, 0.25) is 0 Å². The molecule has 0 atom stereocenters. The first kappa shape index (κ1) is 22.6. The van der Waals surface area contributed by atoms with E-state index >= 15 is 0 Å². The molecule has 0 aliphatic carbocycles. The van der Waals surface area contributed by atoms with E-state index in [0.717, 1.165) is 35.4 Å². The van der Waals surface area contributed by atoms with E-state index in [2.05, 4.69) is 74.9 Å². The fourth-order valence-corrected chi connectivity index (χ4v) is 5.69. The summed E-state index contributed by atoms with van der Waals surface area (Å²) in [5.41, 5.74) is 5.89.